The number of aliphatic hydroxyl groups is 1. The van der Waals surface area contributed by atoms with Crippen LogP contribution in [0.3, 0.4) is 0 Å². The summed E-state index contributed by atoms with van der Waals surface area (Å²) in [4.78, 5) is 4.47. The molecule has 4 heteroatoms. The van der Waals surface area contributed by atoms with E-state index < -0.39 is 0 Å². The van der Waals surface area contributed by atoms with Crippen LogP contribution >= 0.6 is 0 Å². The lowest BCUT2D eigenvalue weighted by Gasteiger charge is -2.14. The second-order valence-electron chi connectivity index (χ2n) is 4.85. The first-order chi connectivity index (χ1) is 8.28. The summed E-state index contributed by atoms with van der Waals surface area (Å²) in [7, 11) is 0. The minimum Gasteiger partial charge on any atom is -0.396 e. The summed E-state index contributed by atoms with van der Waals surface area (Å²) >= 11 is 0. The lowest BCUT2D eigenvalue weighted by molar-refractivity contribution is 0.219. The molecule has 0 spiro atoms. The van der Waals surface area contributed by atoms with Crippen LogP contribution < -0.4 is 10.6 Å². The molecule has 0 saturated heterocycles. The monoisotopic (exact) mass is 235 g/mol. The van der Waals surface area contributed by atoms with E-state index in [0.29, 0.717) is 0 Å². The first-order valence-electron chi connectivity index (χ1n) is 6.34. The van der Waals surface area contributed by atoms with Crippen molar-refractivity contribution in [3.63, 3.8) is 0 Å². The highest BCUT2D eigenvalue weighted by molar-refractivity contribution is 5.45. The van der Waals surface area contributed by atoms with Crippen molar-refractivity contribution < 1.29 is 5.11 Å². The fourth-order valence-electron chi connectivity index (χ4n) is 1.73. The van der Waals surface area contributed by atoms with Gasteiger partial charge in [-0.3, -0.25) is 0 Å². The molecule has 1 heterocycles. The Bertz CT molecular complexity index is 363. The summed E-state index contributed by atoms with van der Waals surface area (Å²) < 4.78 is 0. The molecule has 0 atom stereocenters. The van der Waals surface area contributed by atoms with Crippen LogP contribution in [0.2, 0.25) is 0 Å². The molecule has 1 aliphatic rings. The first kappa shape index (κ1) is 12.2. The molecule has 0 bridgehead atoms. The van der Waals surface area contributed by atoms with Crippen LogP contribution in [0, 0.1) is 5.41 Å². The molecule has 0 radical (unpaired) electrons. The number of hydrogen-bond donors (Lipinski definition) is 3. The molecule has 0 aliphatic heterocycles. The smallest absolute Gasteiger partial charge is 0.128 e. The fourth-order valence-corrected chi connectivity index (χ4v) is 1.73. The van der Waals surface area contributed by atoms with Crippen LogP contribution in [-0.4, -0.2) is 29.8 Å². The number of pyridine rings is 1. The van der Waals surface area contributed by atoms with E-state index in [-0.39, 0.29) is 12.0 Å². The van der Waals surface area contributed by atoms with Crippen LogP contribution in [0.5, 0.6) is 0 Å². The van der Waals surface area contributed by atoms with Gasteiger partial charge in [-0.15, -0.1) is 0 Å². The number of rotatable bonds is 7. The average Bonchev–Trinajstić information content (AvgIpc) is 3.15. The van der Waals surface area contributed by atoms with E-state index in [9.17, 15) is 5.11 Å². The zero-order chi connectivity index (χ0) is 12.1. The summed E-state index contributed by atoms with van der Waals surface area (Å²) in [6.45, 7) is 4.16. The van der Waals surface area contributed by atoms with Crippen molar-refractivity contribution in [2.75, 3.05) is 30.3 Å². The van der Waals surface area contributed by atoms with Crippen LogP contribution in [0.1, 0.15) is 26.2 Å². The normalized spacial score (nSPS) is 16.6. The molecule has 17 heavy (non-hydrogen) atoms. The Hall–Kier alpha value is -1.29. The van der Waals surface area contributed by atoms with Crippen molar-refractivity contribution in [1.82, 2.24) is 4.98 Å². The molecule has 94 valence electrons. The molecule has 1 aliphatic carbocycles. The minimum absolute atomic E-state index is 0.120. The van der Waals surface area contributed by atoms with E-state index in [1.165, 1.54) is 0 Å². The summed E-state index contributed by atoms with van der Waals surface area (Å²) in [6.07, 6.45) is 3.32. The highest BCUT2D eigenvalue weighted by Gasteiger charge is 2.41. The topological polar surface area (TPSA) is 57.2 Å². The Morgan fingerprint density at radius 1 is 1.29 bits per heavy atom. The van der Waals surface area contributed by atoms with Gasteiger partial charge in [0.05, 0.1) is 6.61 Å². The van der Waals surface area contributed by atoms with Crippen molar-refractivity contribution in [2.45, 2.75) is 26.2 Å². The van der Waals surface area contributed by atoms with Crippen molar-refractivity contribution in [2.24, 2.45) is 5.41 Å². The van der Waals surface area contributed by atoms with Gasteiger partial charge in [-0.25, -0.2) is 4.98 Å². The first-order valence-corrected chi connectivity index (χ1v) is 6.34. The summed E-state index contributed by atoms with van der Waals surface area (Å²) in [6, 6.07) is 5.93. The van der Waals surface area contributed by atoms with E-state index >= 15 is 0 Å². The van der Waals surface area contributed by atoms with Crippen LogP contribution in [0.15, 0.2) is 18.2 Å². The standard InChI is InChI=1S/C13H21N3O/c1-2-8-14-11-4-3-5-12(16-11)15-9-13(10-17)6-7-13/h3-5,17H,2,6-10H2,1H3,(H2,14,15,16). The number of aromatic nitrogens is 1. The molecule has 4 nitrogen and oxygen atoms in total. The quantitative estimate of drug-likeness (QED) is 0.677. The highest BCUT2D eigenvalue weighted by atomic mass is 16.3. The second-order valence-corrected chi connectivity index (χ2v) is 4.85. The van der Waals surface area contributed by atoms with Crippen molar-refractivity contribution in [1.29, 1.82) is 0 Å². The SMILES string of the molecule is CCCNc1cccc(NCC2(CO)CC2)n1. The lowest BCUT2D eigenvalue weighted by Crippen LogP contribution is -2.19. The van der Waals surface area contributed by atoms with Crippen LogP contribution in [-0.2, 0) is 0 Å². The Morgan fingerprint density at radius 3 is 2.59 bits per heavy atom. The molecule has 2 rings (SSSR count). The number of aliphatic hydroxyl groups excluding tert-OH is 1. The van der Waals surface area contributed by atoms with E-state index in [0.717, 1.165) is 44.0 Å². The van der Waals surface area contributed by atoms with E-state index in [1.54, 1.807) is 0 Å². The van der Waals surface area contributed by atoms with Gasteiger partial charge in [-0.2, -0.15) is 0 Å². The van der Waals surface area contributed by atoms with Gasteiger partial charge in [0, 0.05) is 18.5 Å². The molecule has 1 aromatic rings. The third-order valence-electron chi connectivity index (χ3n) is 3.24. The molecule has 3 N–H and O–H groups in total. The van der Waals surface area contributed by atoms with Gasteiger partial charge in [-0.05, 0) is 31.4 Å². The van der Waals surface area contributed by atoms with Gasteiger partial charge in [-0.1, -0.05) is 13.0 Å². The predicted molar refractivity (Wildman–Crippen MR) is 70.3 cm³/mol. The van der Waals surface area contributed by atoms with E-state index in [1.807, 2.05) is 18.2 Å². The van der Waals surface area contributed by atoms with Gasteiger partial charge >= 0.3 is 0 Å². The number of hydrogen-bond acceptors (Lipinski definition) is 4. The predicted octanol–water partition coefficient (Wildman–Crippen LogP) is 2.09. The third kappa shape index (κ3) is 3.33. The Labute approximate surface area is 102 Å². The molecule has 1 aromatic heterocycles. The molecular formula is C13H21N3O. The second kappa shape index (κ2) is 5.36. The largest absolute Gasteiger partial charge is 0.396 e. The fraction of sp³-hybridized carbons (Fsp3) is 0.615. The summed E-state index contributed by atoms with van der Waals surface area (Å²) in [5.41, 5.74) is 0.120. The summed E-state index contributed by atoms with van der Waals surface area (Å²) in [5.74, 6) is 1.79. The maximum absolute atomic E-state index is 9.23. The Kier molecular flexibility index (Phi) is 3.84. The molecule has 1 saturated carbocycles. The number of nitrogens with one attached hydrogen (secondary N) is 2. The molecule has 0 amide bonds. The highest BCUT2D eigenvalue weighted by Crippen LogP contribution is 2.44. The molecular weight excluding hydrogens is 214 g/mol. The minimum atomic E-state index is 0.120. The molecule has 1 fully saturated rings. The Balaban J connectivity index is 1.87. The maximum atomic E-state index is 9.23. The molecule has 0 unspecified atom stereocenters. The van der Waals surface area contributed by atoms with E-state index in [2.05, 4.69) is 22.5 Å². The van der Waals surface area contributed by atoms with Gasteiger partial charge in [0.15, 0.2) is 0 Å². The lowest BCUT2D eigenvalue weighted by atomic mass is 10.1. The van der Waals surface area contributed by atoms with Crippen molar-refractivity contribution in [3.8, 4) is 0 Å². The Morgan fingerprint density at radius 2 is 2.00 bits per heavy atom. The van der Waals surface area contributed by atoms with Gasteiger partial charge in [0.1, 0.15) is 11.6 Å². The van der Waals surface area contributed by atoms with Gasteiger partial charge in [0.2, 0.25) is 0 Å². The van der Waals surface area contributed by atoms with Crippen molar-refractivity contribution in [3.05, 3.63) is 18.2 Å². The van der Waals surface area contributed by atoms with Crippen LogP contribution in [0.25, 0.3) is 0 Å². The molecule has 0 aromatic carbocycles. The van der Waals surface area contributed by atoms with E-state index in [4.69, 9.17) is 0 Å². The zero-order valence-electron chi connectivity index (χ0n) is 10.4. The zero-order valence-corrected chi connectivity index (χ0v) is 10.4. The third-order valence-corrected chi connectivity index (χ3v) is 3.24. The number of anilines is 2. The van der Waals surface area contributed by atoms with Crippen LogP contribution in [0.4, 0.5) is 11.6 Å². The number of nitrogens with zero attached hydrogens (tertiary/aromatic N) is 1. The summed E-state index contributed by atoms with van der Waals surface area (Å²) in [5, 5.41) is 15.8. The average molecular weight is 235 g/mol. The van der Waals surface area contributed by atoms with Gasteiger partial charge in [0.25, 0.3) is 0 Å². The van der Waals surface area contributed by atoms with Gasteiger partial charge < -0.3 is 15.7 Å². The van der Waals surface area contributed by atoms with Crippen molar-refractivity contribution >= 4 is 11.6 Å². The maximum Gasteiger partial charge on any atom is 0.128 e.